The molecule has 1 aliphatic rings. The second kappa shape index (κ2) is 3.83. The SMILES string of the molecule is CCc1cc(O)ccc1C1(CO)CCN1. The molecular formula is C12H17NO2. The van der Waals surface area contributed by atoms with E-state index in [0.717, 1.165) is 30.5 Å². The highest BCUT2D eigenvalue weighted by Gasteiger charge is 2.38. The lowest BCUT2D eigenvalue weighted by molar-refractivity contribution is 0.0986. The van der Waals surface area contributed by atoms with E-state index in [9.17, 15) is 10.2 Å². The van der Waals surface area contributed by atoms with E-state index in [0.29, 0.717) is 5.75 Å². The molecule has 3 heteroatoms. The summed E-state index contributed by atoms with van der Waals surface area (Å²) in [5.41, 5.74) is 1.96. The predicted octanol–water partition coefficient (Wildman–Crippen LogP) is 1.14. The van der Waals surface area contributed by atoms with Crippen LogP contribution in [0.25, 0.3) is 0 Å². The van der Waals surface area contributed by atoms with Gasteiger partial charge in [0.1, 0.15) is 5.75 Å². The van der Waals surface area contributed by atoms with Gasteiger partial charge in [-0.3, -0.25) is 0 Å². The quantitative estimate of drug-likeness (QED) is 0.696. The minimum absolute atomic E-state index is 0.116. The van der Waals surface area contributed by atoms with Gasteiger partial charge < -0.3 is 15.5 Å². The minimum atomic E-state index is -0.265. The number of aliphatic hydroxyl groups excluding tert-OH is 1. The number of hydrogen-bond acceptors (Lipinski definition) is 3. The van der Waals surface area contributed by atoms with Gasteiger partial charge in [0.05, 0.1) is 12.1 Å². The average molecular weight is 207 g/mol. The Kier molecular flexibility index (Phi) is 2.67. The van der Waals surface area contributed by atoms with Crippen molar-refractivity contribution < 1.29 is 10.2 Å². The number of aliphatic hydroxyl groups is 1. The van der Waals surface area contributed by atoms with Crippen LogP contribution in [0.2, 0.25) is 0 Å². The van der Waals surface area contributed by atoms with Gasteiger partial charge in [0.2, 0.25) is 0 Å². The maximum Gasteiger partial charge on any atom is 0.115 e. The summed E-state index contributed by atoms with van der Waals surface area (Å²) in [4.78, 5) is 0. The minimum Gasteiger partial charge on any atom is -0.508 e. The molecule has 0 radical (unpaired) electrons. The maximum atomic E-state index is 9.45. The molecule has 2 rings (SSSR count). The zero-order valence-corrected chi connectivity index (χ0v) is 8.95. The number of phenols is 1. The summed E-state index contributed by atoms with van der Waals surface area (Å²) in [5.74, 6) is 0.294. The van der Waals surface area contributed by atoms with Crippen LogP contribution in [-0.2, 0) is 12.0 Å². The molecule has 1 aromatic rings. The zero-order valence-electron chi connectivity index (χ0n) is 8.95. The third-order valence-electron chi connectivity index (χ3n) is 3.27. The third-order valence-corrected chi connectivity index (χ3v) is 3.27. The molecule has 1 saturated heterocycles. The number of aryl methyl sites for hydroxylation is 1. The Labute approximate surface area is 89.8 Å². The molecule has 0 spiro atoms. The summed E-state index contributed by atoms with van der Waals surface area (Å²) in [5, 5.41) is 22.2. The van der Waals surface area contributed by atoms with Crippen LogP contribution in [0, 0.1) is 0 Å². The van der Waals surface area contributed by atoms with Crippen molar-refractivity contribution in [3.8, 4) is 5.75 Å². The van der Waals surface area contributed by atoms with Gasteiger partial charge in [0, 0.05) is 0 Å². The van der Waals surface area contributed by atoms with Crippen molar-refractivity contribution in [3.05, 3.63) is 29.3 Å². The molecular weight excluding hydrogens is 190 g/mol. The first-order valence-corrected chi connectivity index (χ1v) is 5.40. The maximum absolute atomic E-state index is 9.45. The number of nitrogens with one attached hydrogen (secondary N) is 1. The molecule has 0 amide bonds. The summed E-state index contributed by atoms with van der Waals surface area (Å²) >= 11 is 0. The largest absolute Gasteiger partial charge is 0.508 e. The van der Waals surface area contributed by atoms with Gasteiger partial charge in [-0.2, -0.15) is 0 Å². The number of benzene rings is 1. The Hall–Kier alpha value is -1.06. The molecule has 3 N–H and O–H groups in total. The summed E-state index contributed by atoms with van der Waals surface area (Å²) in [6, 6.07) is 5.38. The monoisotopic (exact) mass is 207 g/mol. The Morgan fingerprint density at radius 2 is 2.20 bits per heavy atom. The van der Waals surface area contributed by atoms with Crippen LogP contribution < -0.4 is 5.32 Å². The Morgan fingerprint density at radius 1 is 1.47 bits per heavy atom. The molecule has 1 fully saturated rings. The molecule has 1 heterocycles. The summed E-state index contributed by atoms with van der Waals surface area (Å²) in [6.07, 6.45) is 1.83. The van der Waals surface area contributed by atoms with Gasteiger partial charge in [-0.15, -0.1) is 0 Å². The van der Waals surface area contributed by atoms with Crippen molar-refractivity contribution in [3.63, 3.8) is 0 Å². The van der Waals surface area contributed by atoms with E-state index in [4.69, 9.17) is 0 Å². The van der Waals surface area contributed by atoms with Crippen LogP contribution in [0.3, 0.4) is 0 Å². The molecule has 0 aliphatic carbocycles. The van der Waals surface area contributed by atoms with E-state index in [1.165, 1.54) is 0 Å². The van der Waals surface area contributed by atoms with Crippen molar-refractivity contribution in [2.75, 3.05) is 13.2 Å². The topological polar surface area (TPSA) is 52.5 Å². The Balaban J connectivity index is 2.42. The second-order valence-corrected chi connectivity index (χ2v) is 4.11. The fraction of sp³-hybridized carbons (Fsp3) is 0.500. The van der Waals surface area contributed by atoms with Crippen LogP contribution >= 0.6 is 0 Å². The predicted molar refractivity (Wildman–Crippen MR) is 58.9 cm³/mol. The van der Waals surface area contributed by atoms with Crippen LogP contribution in [0.4, 0.5) is 0 Å². The van der Waals surface area contributed by atoms with E-state index < -0.39 is 0 Å². The third kappa shape index (κ3) is 1.62. The van der Waals surface area contributed by atoms with Crippen molar-refractivity contribution in [2.24, 2.45) is 0 Å². The number of rotatable bonds is 3. The number of aromatic hydroxyl groups is 1. The highest BCUT2D eigenvalue weighted by Crippen LogP contribution is 2.34. The molecule has 82 valence electrons. The second-order valence-electron chi connectivity index (χ2n) is 4.11. The number of phenolic OH excluding ortho intramolecular Hbond substituents is 1. The van der Waals surface area contributed by atoms with Gasteiger partial charge in [-0.1, -0.05) is 13.0 Å². The molecule has 1 unspecified atom stereocenters. The summed E-state index contributed by atoms with van der Waals surface area (Å²) in [6.45, 7) is 3.12. The van der Waals surface area contributed by atoms with E-state index in [-0.39, 0.29) is 12.1 Å². The fourth-order valence-electron chi connectivity index (χ4n) is 2.22. The zero-order chi connectivity index (χ0) is 10.9. The summed E-state index contributed by atoms with van der Waals surface area (Å²) < 4.78 is 0. The van der Waals surface area contributed by atoms with Crippen molar-refractivity contribution in [2.45, 2.75) is 25.3 Å². The highest BCUT2D eigenvalue weighted by atomic mass is 16.3. The van der Waals surface area contributed by atoms with Crippen LogP contribution in [-0.4, -0.2) is 23.4 Å². The first-order chi connectivity index (χ1) is 7.22. The summed E-state index contributed by atoms with van der Waals surface area (Å²) in [7, 11) is 0. The molecule has 3 nitrogen and oxygen atoms in total. The van der Waals surface area contributed by atoms with Crippen molar-refractivity contribution in [1.82, 2.24) is 5.32 Å². The van der Waals surface area contributed by atoms with E-state index in [2.05, 4.69) is 12.2 Å². The molecule has 15 heavy (non-hydrogen) atoms. The normalized spacial score (nSPS) is 24.9. The Morgan fingerprint density at radius 3 is 2.67 bits per heavy atom. The lowest BCUT2D eigenvalue weighted by Gasteiger charge is -2.43. The molecule has 1 aliphatic heterocycles. The van der Waals surface area contributed by atoms with Crippen molar-refractivity contribution >= 4 is 0 Å². The molecule has 0 saturated carbocycles. The molecule has 1 atom stereocenters. The van der Waals surface area contributed by atoms with Gasteiger partial charge >= 0.3 is 0 Å². The van der Waals surface area contributed by atoms with E-state index >= 15 is 0 Å². The average Bonchev–Trinajstić information content (AvgIpc) is 2.19. The van der Waals surface area contributed by atoms with Crippen LogP contribution in [0.1, 0.15) is 24.5 Å². The van der Waals surface area contributed by atoms with Gasteiger partial charge in [-0.25, -0.2) is 0 Å². The van der Waals surface area contributed by atoms with E-state index in [1.807, 2.05) is 6.07 Å². The van der Waals surface area contributed by atoms with Gasteiger partial charge in [0.15, 0.2) is 0 Å². The molecule has 0 aromatic heterocycles. The molecule has 1 aromatic carbocycles. The van der Waals surface area contributed by atoms with Crippen LogP contribution in [0.15, 0.2) is 18.2 Å². The Bertz CT molecular complexity index is 353. The first kappa shape index (κ1) is 10.5. The standard InChI is InChI=1S/C12H17NO2/c1-2-9-7-10(15)3-4-11(9)12(8-14)5-6-13-12/h3-4,7,13-15H,2,5-6,8H2,1H3. The smallest absolute Gasteiger partial charge is 0.115 e. The fourth-order valence-corrected chi connectivity index (χ4v) is 2.22. The lowest BCUT2D eigenvalue weighted by atomic mass is 9.78. The van der Waals surface area contributed by atoms with Gasteiger partial charge in [-0.05, 0) is 42.6 Å². The van der Waals surface area contributed by atoms with E-state index in [1.54, 1.807) is 12.1 Å². The number of hydrogen-bond donors (Lipinski definition) is 3. The molecule has 0 bridgehead atoms. The highest BCUT2D eigenvalue weighted by molar-refractivity contribution is 5.40. The van der Waals surface area contributed by atoms with Gasteiger partial charge in [0.25, 0.3) is 0 Å². The first-order valence-electron chi connectivity index (χ1n) is 5.40. The van der Waals surface area contributed by atoms with Crippen molar-refractivity contribution in [1.29, 1.82) is 0 Å². The van der Waals surface area contributed by atoms with Crippen LogP contribution in [0.5, 0.6) is 5.75 Å². The lowest BCUT2D eigenvalue weighted by Crippen LogP contribution is -2.57.